The molecule has 1 atom stereocenters. The molecular weight excluding hydrogens is 228 g/mol. The molecule has 4 heteroatoms. The zero-order valence-corrected chi connectivity index (χ0v) is 10.6. The molecule has 4 nitrogen and oxygen atoms in total. The van der Waals surface area contributed by atoms with E-state index in [4.69, 9.17) is 14.7 Å². The molecule has 0 amide bonds. The lowest BCUT2D eigenvalue weighted by Crippen LogP contribution is -2.20. The van der Waals surface area contributed by atoms with E-state index in [2.05, 4.69) is 11.4 Å². The lowest BCUT2D eigenvalue weighted by atomic mass is 10.1. The molecule has 0 aromatic heterocycles. The highest BCUT2D eigenvalue weighted by molar-refractivity contribution is 5.47. The van der Waals surface area contributed by atoms with Gasteiger partial charge in [0.05, 0.1) is 25.2 Å². The van der Waals surface area contributed by atoms with E-state index in [9.17, 15) is 0 Å². The Kier molecular flexibility index (Phi) is 4.43. The SMILES string of the molecule is CC(C#N)CNCc1cccc2c1OCCCO2. The molecule has 1 aliphatic heterocycles. The number of fused-ring (bicyclic) bond motifs is 1. The quantitative estimate of drug-likeness (QED) is 0.884. The molecule has 1 N–H and O–H groups in total. The summed E-state index contributed by atoms with van der Waals surface area (Å²) in [6.07, 6.45) is 0.910. The van der Waals surface area contributed by atoms with Crippen molar-refractivity contribution in [2.24, 2.45) is 5.92 Å². The summed E-state index contributed by atoms with van der Waals surface area (Å²) in [5.41, 5.74) is 1.08. The maximum absolute atomic E-state index is 8.73. The Morgan fingerprint density at radius 3 is 3.06 bits per heavy atom. The van der Waals surface area contributed by atoms with Crippen molar-refractivity contribution in [3.05, 3.63) is 23.8 Å². The monoisotopic (exact) mass is 246 g/mol. The predicted octanol–water partition coefficient (Wildman–Crippen LogP) is 2.10. The molecule has 0 saturated heterocycles. The third kappa shape index (κ3) is 3.14. The Morgan fingerprint density at radius 2 is 2.22 bits per heavy atom. The van der Waals surface area contributed by atoms with E-state index in [0.717, 1.165) is 23.5 Å². The fourth-order valence-corrected chi connectivity index (χ4v) is 1.86. The molecular formula is C14H18N2O2. The highest BCUT2D eigenvalue weighted by Crippen LogP contribution is 2.33. The van der Waals surface area contributed by atoms with E-state index >= 15 is 0 Å². The summed E-state index contributed by atoms with van der Waals surface area (Å²) in [5.74, 6) is 1.68. The van der Waals surface area contributed by atoms with Gasteiger partial charge in [-0.2, -0.15) is 5.26 Å². The van der Waals surface area contributed by atoms with Gasteiger partial charge in [0, 0.05) is 25.1 Å². The molecule has 0 radical (unpaired) electrons. The van der Waals surface area contributed by atoms with Crippen molar-refractivity contribution in [1.82, 2.24) is 5.32 Å². The van der Waals surface area contributed by atoms with Gasteiger partial charge in [-0.3, -0.25) is 0 Å². The van der Waals surface area contributed by atoms with E-state index in [1.54, 1.807) is 0 Å². The van der Waals surface area contributed by atoms with E-state index in [1.807, 2.05) is 25.1 Å². The lowest BCUT2D eigenvalue weighted by Gasteiger charge is -2.13. The highest BCUT2D eigenvalue weighted by atomic mass is 16.5. The minimum atomic E-state index is 0.0180. The second-order valence-electron chi connectivity index (χ2n) is 4.46. The highest BCUT2D eigenvalue weighted by Gasteiger charge is 2.14. The van der Waals surface area contributed by atoms with Crippen molar-refractivity contribution in [3.63, 3.8) is 0 Å². The van der Waals surface area contributed by atoms with Crippen molar-refractivity contribution >= 4 is 0 Å². The number of para-hydroxylation sites is 1. The summed E-state index contributed by atoms with van der Waals surface area (Å²) in [6.45, 7) is 4.67. The zero-order valence-electron chi connectivity index (χ0n) is 10.6. The lowest BCUT2D eigenvalue weighted by molar-refractivity contribution is 0.296. The zero-order chi connectivity index (χ0) is 12.8. The Morgan fingerprint density at radius 1 is 1.39 bits per heavy atom. The molecule has 2 rings (SSSR count). The van der Waals surface area contributed by atoms with Crippen LogP contribution < -0.4 is 14.8 Å². The molecule has 1 heterocycles. The second-order valence-corrected chi connectivity index (χ2v) is 4.46. The number of hydrogen-bond acceptors (Lipinski definition) is 4. The normalized spacial score (nSPS) is 15.6. The van der Waals surface area contributed by atoms with Crippen LogP contribution in [0.2, 0.25) is 0 Å². The fraction of sp³-hybridized carbons (Fsp3) is 0.500. The number of hydrogen-bond donors (Lipinski definition) is 1. The van der Waals surface area contributed by atoms with Crippen LogP contribution in [0.15, 0.2) is 18.2 Å². The summed E-state index contributed by atoms with van der Waals surface area (Å²) in [7, 11) is 0. The molecule has 96 valence electrons. The second kappa shape index (κ2) is 6.27. The van der Waals surface area contributed by atoms with Crippen LogP contribution in [-0.2, 0) is 6.54 Å². The van der Waals surface area contributed by atoms with Gasteiger partial charge in [-0.25, -0.2) is 0 Å². The van der Waals surface area contributed by atoms with Crippen LogP contribution in [0.5, 0.6) is 11.5 Å². The van der Waals surface area contributed by atoms with Crippen LogP contribution in [0, 0.1) is 17.2 Å². The van der Waals surface area contributed by atoms with Gasteiger partial charge in [-0.1, -0.05) is 12.1 Å². The van der Waals surface area contributed by atoms with Crippen molar-refractivity contribution in [2.45, 2.75) is 19.9 Å². The van der Waals surface area contributed by atoms with Crippen molar-refractivity contribution in [2.75, 3.05) is 19.8 Å². The molecule has 1 aromatic rings. The van der Waals surface area contributed by atoms with E-state index < -0.39 is 0 Å². The van der Waals surface area contributed by atoms with Gasteiger partial charge in [0.15, 0.2) is 11.5 Å². The van der Waals surface area contributed by atoms with Crippen LogP contribution in [0.3, 0.4) is 0 Å². The van der Waals surface area contributed by atoms with Crippen molar-refractivity contribution < 1.29 is 9.47 Å². The minimum Gasteiger partial charge on any atom is -0.490 e. The molecule has 1 aromatic carbocycles. The maximum Gasteiger partial charge on any atom is 0.165 e. The summed E-state index contributed by atoms with van der Waals surface area (Å²) in [6, 6.07) is 8.13. The average Bonchev–Trinajstić information content (AvgIpc) is 2.64. The molecule has 0 fully saturated rings. The third-order valence-corrected chi connectivity index (χ3v) is 2.84. The Labute approximate surface area is 108 Å². The first-order valence-electron chi connectivity index (χ1n) is 6.29. The van der Waals surface area contributed by atoms with Crippen LogP contribution in [-0.4, -0.2) is 19.8 Å². The molecule has 0 aliphatic carbocycles. The van der Waals surface area contributed by atoms with E-state index in [0.29, 0.717) is 26.3 Å². The van der Waals surface area contributed by atoms with Gasteiger partial charge in [-0.05, 0) is 13.0 Å². The largest absolute Gasteiger partial charge is 0.490 e. The summed E-state index contributed by atoms with van der Waals surface area (Å²) in [4.78, 5) is 0. The van der Waals surface area contributed by atoms with Crippen molar-refractivity contribution in [1.29, 1.82) is 5.26 Å². The first kappa shape index (κ1) is 12.7. The molecule has 1 aliphatic rings. The molecule has 0 bridgehead atoms. The number of nitriles is 1. The average molecular weight is 246 g/mol. The Balaban J connectivity index is 2.02. The van der Waals surface area contributed by atoms with Crippen LogP contribution in [0.1, 0.15) is 18.9 Å². The number of rotatable bonds is 4. The van der Waals surface area contributed by atoms with Crippen molar-refractivity contribution in [3.8, 4) is 17.6 Å². The summed E-state index contributed by atoms with van der Waals surface area (Å²) in [5, 5.41) is 12.0. The Hall–Kier alpha value is -1.73. The van der Waals surface area contributed by atoms with Crippen LogP contribution >= 0.6 is 0 Å². The molecule has 0 saturated carbocycles. The van der Waals surface area contributed by atoms with Gasteiger partial charge in [0.1, 0.15) is 0 Å². The minimum absolute atomic E-state index is 0.0180. The topological polar surface area (TPSA) is 54.3 Å². The van der Waals surface area contributed by atoms with Gasteiger partial charge < -0.3 is 14.8 Å². The number of ether oxygens (including phenoxy) is 2. The number of nitrogens with zero attached hydrogens (tertiary/aromatic N) is 1. The van der Waals surface area contributed by atoms with Gasteiger partial charge in [-0.15, -0.1) is 0 Å². The Bertz CT molecular complexity index is 440. The molecule has 1 unspecified atom stereocenters. The van der Waals surface area contributed by atoms with Gasteiger partial charge in [0.2, 0.25) is 0 Å². The molecule has 0 spiro atoms. The first-order chi connectivity index (χ1) is 8.81. The molecule has 18 heavy (non-hydrogen) atoms. The standard InChI is InChI=1S/C14H18N2O2/c1-11(8-15)9-16-10-12-4-2-5-13-14(12)18-7-3-6-17-13/h2,4-5,11,16H,3,6-7,9-10H2,1H3. The van der Waals surface area contributed by atoms with Gasteiger partial charge >= 0.3 is 0 Å². The van der Waals surface area contributed by atoms with Crippen LogP contribution in [0.25, 0.3) is 0 Å². The maximum atomic E-state index is 8.73. The number of nitrogens with one attached hydrogen (secondary N) is 1. The van der Waals surface area contributed by atoms with Gasteiger partial charge in [0.25, 0.3) is 0 Å². The number of benzene rings is 1. The van der Waals surface area contributed by atoms with E-state index in [1.165, 1.54) is 0 Å². The van der Waals surface area contributed by atoms with Crippen LogP contribution in [0.4, 0.5) is 0 Å². The first-order valence-corrected chi connectivity index (χ1v) is 6.29. The third-order valence-electron chi connectivity index (χ3n) is 2.84. The predicted molar refractivity (Wildman–Crippen MR) is 68.5 cm³/mol. The summed E-state index contributed by atoms with van der Waals surface area (Å²) >= 11 is 0. The summed E-state index contributed by atoms with van der Waals surface area (Å²) < 4.78 is 11.4. The smallest absolute Gasteiger partial charge is 0.165 e. The fourth-order valence-electron chi connectivity index (χ4n) is 1.86. The van der Waals surface area contributed by atoms with E-state index in [-0.39, 0.29) is 5.92 Å².